The third kappa shape index (κ3) is 3.24. The Morgan fingerprint density at radius 3 is 2.18 bits per heavy atom. The highest BCUT2D eigenvalue weighted by molar-refractivity contribution is 8.01. The first-order valence-electron chi connectivity index (χ1n) is 5.54. The summed E-state index contributed by atoms with van der Waals surface area (Å²) in [5.41, 5.74) is -0.299. The van der Waals surface area contributed by atoms with Gasteiger partial charge in [-0.15, -0.1) is 0 Å². The van der Waals surface area contributed by atoms with Crippen LogP contribution in [0.25, 0.3) is 0 Å². The van der Waals surface area contributed by atoms with Gasteiger partial charge in [-0.05, 0) is 39.6 Å². The molecule has 1 aliphatic rings. The van der Waals surface area contributed by atoms with Gasteiger partial charge in [-0.3, -0.25) is 0 Å². The van der Waals surface area contributed by atoms with E-state index in [1.54, 1.807) is 0 Å². The standard InChI is InChI=1S/C12H21NO3S/c1-9(10(14)15-6)17-13-11(2,3)7-16-8-12(13,4)5/h1,7-8H2,2-6H3. The van der Waals surface area contributed by atoms with Gasteiger partial charge in [0, 0.05) is 0 Å². The lowest BCUT2D eigenvalue weighted by molar-refractivity contribution is -0.135. The van der Waals surface area contributed by atoms with Gasteiger partial charge in [0.15, 0.2) is 0 Å². The maximum atomic E-state index is 11.4. The second-order valence-corrected chi connectivity index (χ2v) is 6.46. The van der Waals surface area contributed by atoms with E-state index in [4.69, 9.17) is 4.74 Å². The molecule has 1 fully saturated rings. The predicted molar refractivity (Wildman–Crippen MR) is 69.6 cm³/mol. The summed E-state index contributed by atoms with van der Waals surface area (Å²) in [5, 5.41) is 0. The predicted octanol–water partition coefficient (Wildman–Crippen LogP) is 2.21. The van der Waals surface area contributed by atoms with Crippen LogP contribution in [0.15, 0.2) is 11.5 Å². The van der Waals surface area contributed by atoms with E-state index in [0.717, 1.165) is 0 Å². The smallest absolute Gasteiger partial charge is 0.345 e. The summed E-state index contributed by atoms with van der Waals surface area (Å²) < 4.78 is 12.4. The Balaban J connectivity index is 2.84. The number of methoxy groups -OCH3 is 1. The van der Waals surface area contributed by atoms with Gasteiger partial charge in [-0.2, -0.15) is 0 Å². The van der Waals surface area contributed by atoms with Crippen LogP contribution in [0.5, 0.6) is 0 Å². The highest BCUT2D eigenvalue weighted by Gasteiger charge is 2.43. The summed E-state index contributed by atoms with van der Waals surface area (Å²) in [4.78, 5) is 11.8. The number of hydrogen-bond donors (Lipinski definition) is 0. The summed E-state index contributed by atoms with van der Waals surface area (Å²) in [6.07, 6.45) is 0. The van der Waals surface area contributed by atoms with Gasteiger partial charge in [0.2, 0.25) is 0 Å². The third-order valence-corrected chi connectivity index (χ3v) is 4.18. The Hall–Kier alpha value is -0.520. The SMILES string of the molecule is C=C(SN1C(C)(C)COCC1(C)C)C(=O)OC. The normalized spacial score (nSPS) is 23.1. The molecule has 1 heterocycles. The quantitative estimate of drug-likeness (QED) is 0.441. The molecule has 0 N–H and O–H groups in total. The molecule has 98 valence electrons. The van der Waals surface area contributed by atoms with Crippen LogP contribution in [0, 0.1) is 0 Å². The molecule has 1 saturated heterocycles. The van der Waals surface area contributed by atoms with E-state index in [1.807, 2.05) is 0 Å². The zero-order valence-corrected chi connectivity index (χ0v) is 12.0. The van der Waals surface area contributed by atoms with Crippen molar-refractivity contribution >= 4 is 17.9 Å². The number of carbonyl (C=O) groups excluding carboxylic acids is 1. The van der Waals surface area contributed by atoms with Crippen molar-refractivity contribution in [2.45, 2.75) is 38.8 Å². The number of ether oxygens (including phenoxy) is 2. The zero-order chi connectivity index (χ0) is 13.3. The lowest BCUT2D eigenvalue weighted by atomic mass is 9.96. The number of morpholine rings is 1. The van der Waals surface area contributed by atoms with Gasteiger partial charge < -0.3 is 9.47 Å². The molecule has 0 saturated carbocycles. The van der Waals surface area contributed by atoms with Crippen molar-refractivity contribution in [2.75, 3.05) is 20.3 Å². The van der Waals surface area contributed by atoms with Crippen LogP contribution in [0.3, 0.4) is 0 Å². The molecule has 17 heavy (non-hydrogen) atoms. The number of rotatable bonds is 3. The second-order valence-electron chi connectivity index (χ2n) is 5.42. The van der Waals surface area contributed by atoms with Crippen LogP contribution >= 0.6 is 11.9 Å². The Bertz CT molecular complexity index is 310. The monoisotopic (exact) mass is 259 g/mol. The molecule has 0 unspecified atom stereocenters. The molecule has 0 aliphatic carbocycles. The molecule has 0 radical (unpaired) electrons. The second kappa shape index (κ2) is 5.00. The van der Waals surface area contributed by atoms with Crippen molar-refractivity contribution in [2.24, 2.45) is 0 Å². The molecule has 0 atom stereocenters. The first kappa shape index (κ1) is 14.5. The first-order valence-corrected chi connectivity index (χ1v) is 6.31. The molecular formula is C12H21NO3S. The molecule has 4 nitrogen and oxygen atoms in total. The Morgan fingerprint density at radius 1 is 1.29 bits per heavy atom. The molecule has 0 amide bonds. The molecule has 0 aromatic rings. The summed E-state index contributed by atoms with van der Waals surface area (Å²) in [7, 11) is 1.36. The molecule has 0 bridgehead atoms. The highest BCUT2D eigenvalue weighted by atomic mass is 32.2. The van der Waals surface area contributed by atoms with Crippen molar-refractivity contribution in [1.29, 1.82) is 0 Å². The molecule has 5 heteroatoms. The van der Waals surface area contributed by atoms with Crippen LogP contribution in [-0.2, 0) is 14.3 Å². The van der Waals surface area contributed by atoms with E-state index in [9.17, 15) is 4.79 Å². The van der Waals surface area contributed by atoms with E-state index in [2.05, 4.69) is 43.3 Å². The van der Waals surface area contributed by atoms with Gasteiger partial charge in [0.1, 0.15) is 4.91 Å². The van der Waals surface area contributed by atoms with Crippen LogP contribution in [-0.4, -0.2) is 41.7 Å². The largest absolute Gasteiger partial charge is 0.465 e. The molecule has 1 aliphatic heterocycles. The maximum Gasteiger partial charge on any atom is 0.345 e. The molecule has 0 spiro atoms. The van der Waals surface area contributed by atoms with E-state index in [1.165, 1.54) is 19.1 Å². The van der Waals surface area contributed by atoms with Crippen molar-refractivity contribution in [3.8, 4) is 0 Å². The van der Waals surface area contributed by atoms with Crippen molar-refractivity contribution in [3.05, 3.63) is 11.5 Å². The molecule has 0 aromatic carbocycles. The average molecular weight is 259 g/mol. The topological polar surface area (TPSA) is 38.8 Å². The zero-order valence-electron chi connectivity index (χ0n) is 11.2. The minimum absolute atomic E-state index is 0.149. The summed E-state index contributed by atoms with van der Waals surface area (Å²) in [6.45, 7) is 13.4. The fraction of sp³-hybridized carbons (Fsp3) is 0.750. The van der Waals surface area contributed by atoms with E-state index in [0.29, 0.717) is 18.1 Å². The summed E-state index contributed by atoms with van der Waals surface area (Å²) >= 11 is 1.35. The first-order chi connectivity index (χ1) is 7.70. The number of carbonyl (C=O) groups is 1. The van der Waals surface area contributed by atoms with Crippen molar-refractivity contribution in [3.63, 3.8) is 0 Å². The van der Waals surface area contributed by atoms with E-state index in [-0.39, 0.29) is 17.0 Å². The van der Waals surface area contributed by atoms with Gasteiger partial charge in [-0.1, -0.05) is 6.58 Å². The molecular weight excluding hydrogens is 238 g/mol. The number of hydrogen-bond acceptors (Lipinski definition) is 5. The van der Waals surface area contributed by atoms with Gasteiger partial charge in [0.05, 0.1) is 31.4 Å². The summed E-state index contributed by atoms with van der Waals surface area (Å²) in [5.74, 6) is -0.381. The van der Waals surface area contributed by atoms with E-state index >= 15 is 0 Å². The van der Waals surface area contributed by atoms with Gasteiger partial charge in [-0.25, -0.2) is 9.10 Å². The molecule has 1 rings (SSSR count). The lowest BCUT2D eigenvalue weighted by Gasteiger charge is -2.51. The fourth-order valence-electron chi connectivity index (χ4n) is 2.00. The Kier molecular flexibility index (Phi) is 4.28. The average Bonchev–Trinajstić information content (AvgIpc) is 2.21. The number of nitrogens with zero attached hydrogens (tertiary/aromatic N) is 1. The van der Waals surface area contributed by atoms with Crippen LogP contribution in [0.1, 0.15) is 27.7 Å². The Morgan fingerprint density at radius 2 is 1.76 bits per heavy atom. The third-order valence-electron chi connectivity index (χ3n) is 2.62. The van der Waals surface area contributed by atoms with Crippen molar-refractivity contribution < 1.29 is 14.3 Å². The van der Waals surface area contributed by atoms with Crippen LogP contribution < -0.4 is 0 Å². The minimum Gasteiger partial charge on any atom is -0.465 e. The number of esters is 1. The maximum absolute atomic E-state index is 11.4. The minimum atomic E-state index is -0.381. The summed E-state index contributed by atoms with van der Waals surface area (Å²) in [6, 6.07) is 0. The van der Waals surface area contributed by atoms with E-state index < -0.39 is 0 Å². The Labute approximate surface area is 107 Å². The van der Waals surface area contributed by atoms with Crippen LogP contribution in [0.2, 0.25) is 0 Å². The highest BCUT2D eigenvalue weighted by Crippen LogP contribution is 2.39. The fourth-order valence-corrected chi connectivity index (χ4v) is 2.97. The van der Waals surface area contributed by atoms with Crippen LogP contribution in [0.4, 0.5) is 0 Å². The molecule has 0 aromatic heterocycles. The van der Waals surface area contributed by atoms with Gasteiger partial charge in [0.25, 0.3) is 0 Å². The van der Waals surface area contributed by atoms with Crippen molar-refractivity contribution in [1.82, 2.24) is 4.31 Å². The van der Waals surface area contributed by atoms with Gasteiger partial charge >= 0.3 is 5.97 Å². The lowest BCUT2D eigenvalue weighted by Crippen LogP contribution is -2.60.